The predicted molar refractivity (Wildman–Crippen MR) is 80.3 cm³/mol. The Labute approximate surface area is 122 Å². The molecule has 0 aromatic heterocycles. The molecule has 2 rings (SSSR count). The van der Waals surface area contributed by atoms with Crippen LogP contribution in [-0.2, 0) is 4.79 Å². The van der Waals surface area contributed by atoms with Gasteiger partial charge in [-0.3, -0.25) is 4.79 Å². The highest BCUT2D eigenvalue weighted by atomic mass is 127. The zero-order valence-electron chi connectivity index (χ0n) is 10.6. The first-order valence-electron chi connectivity index (χ1n) is 6.01. The number of halogens is 1. The summed E-state index contributed by atoms with van der Waals surface area (Å²) in [4.78, 5) is 15.5. The molecule has 18 heavy (non-hydrogen) atoms. The highest BCUT2D eigenvalue weighted by molar-refractivity contribution is 14.1. The molecule has 0 atom stereocenters. The number of amides is 1. The maximum Gasteiger partial charge on any atom is 0.219 e. The van der Waals surface area contributed by atoms with E-state index in [1.807, 2.05) is 34.8 Å². The van der Waals surface area contributed by atoms with Crippen molar-refractivity contribution in [2.45, 2.75) is 13.8 Å². The lowest BCUT2D eigenvalue weighted by atomic mass is 10.1. The summed E-state index contributed by atoms with van der Waals surface area (Å²) >= 11 is 1.91. The third kappa shape index (κ3) is 2.88. The number of anilines is 1. The van der Waals surface area contributed by atoms with Gasteiger partial charge in [0.05, 0.1) is 0 Å². The number of benzene rings is 1. The molecule has 0 spiro atoms. The van der Waals surface area contributed by atoms with E-state index in [-0.39, 0.29) is 5.91 Å². The van der Waals surface area contributed by atoms with Crippen LogP contribution in [0.15, 0.2) is 18.2 Å². The lowest BCUT2D eigenvalue weighted by Crippen LogP contribution is -2.48. The molecule has 0 aliphatic carbocycles. The molecule has 0 radical (unpaired) electrons. The summed E-state index contributed by atoms with van der Waals surface area (Å²) in [5.41, 5.74) is 2.30. The van der Waals surface area contributed by atoms with Crippen LogP contribution in [0.4, 0.5) is 5.69 Å². The van der Waals surface area contributed by atoms with Gasteiger partial charge in [0.1, 0.15) is 5.75 Å². The third-order valence-electron chi connectivity index (χ3n) is 3.34. The van der Waals surface area contributed by atoms with Crippen LogP contribution >= 0.6 is 23.0 Å². The largest absolute Gasteiger partial charge is 0.427 e. The molecule has 4 nitrogen and oxygen atoms in total. The van der Waals surface area contributed by atoms with E-state index in [2.05, 4.69) is 23.1 Å². The molecular weight excluding hydrogens is 343 g/mol. The highest BCUT2D eigenvalue weighted by Gasteiger charge is 2.19. The van der Waals surface area contributed by atoms with Crippen molar-refractivity contribution in [3.05, 3.63) is 23.8 Å². The number of carbonyl (C=O) groups excluding carboxylic acids is 1. The maximum atomic E-state index is 11.3. The molecule has 1 heterocycles. The van der Waals surface area contributed by atoms with Gasteiger partial charge in [-0.2, -0.15) is 0 Å². The first kappa shape index (κ1) is 13.5. The molecule has 0 bridgehead atoms. The lowest BCUT2D eigenvalue weighted by molar-refractivity contribution is -0.129. The molecule has 0 N–H and O–H groups in total. The number of hydrogen-bond acceptors (Lipinski definition) is 3. The van der Waals surface area contributed by atoms with E-state index in [0.29, 0.717) is 0 Å². The maximum absolute atomic E-state index is 11.3. The van der Waals surface area contributed by atoms with Gasteiger partial charge in [-0.1, -0.05) is 6.07 Å². The first-order valence-corrected chi connectivity index (χ1v) is 6.89. The molecule has 1 aliphatic heterocycles. The summed E-state index contributed by atoms with van der Waals surface area (Å²) in [6, 6.07) is 6.24. The fourth-order valence-corrected chi connectivity index (χ4v) is 2.62. The van der Waals surface area contributed by atoms with Crippen molar-refractivity contribution in [1.82, 2.24) is 4.90 Å². The first-order chi connectivity index (χ1) is 8.61. The van der Waals surface area contributed by atoms with E-state index >= 15 is 0 Å². The van der Waals surface area contributed by atoms with Gasteiger partial charge < -0.3 is 12.9 Å². The van der Waals surface area contributed by atoms with Crippen LogP contribution in [-0.4, -0.2) is 37.0 Å². The van der Waals surface area contributed by atoms with Gasteiger partial charge in [-0.25, -0.2) is 0 Å². The van der Waals surface area contributed by atoms with E-state index in [1.54, 1.807) is 6.92 Å². The van der Waals surface area contributed by atoms with Crippen molar-refractivity contribution in [2.24, 2.45) is 0 Å². The van der Waals surface area contributed by atoms with Crippen molar-refractivity contribution in [1.29, 1.82) is 0 Å². The van der Waals surface area contributed by atoms with Gasteiger partial charge >= 0.3 is 0 Å². The fraction of sp³-hybridized carbons (Fsp3) is 0.462. The Kier molecular flexibility index (Phi) is 4.31. The standard InChI is InChI=1S/C13H17IN2O2/c1-10-3-4-12(9-13(10)18-14)16-7-5-15(6-8-16)11(2)17/h3-4,9H,5-8H2,1-2H3. The van der Waals surface area contributed by atoms with E-state index in [0.717, 1.165) is 43.2 Å². The Morgan fingerprint density at radius 3 is 2.50 bits per heavy atom. The molecule has 98 valence electrons. The average molecular weight is 360 g/mol. The lowest BCUT2D eigenvalue weighted by Gasteiger charge is -2.35. The summed E-state index contributed by atoms with van der Waals surface area (Å²) in [5.74, 6) is 1.07. The Bertz CT molecular complexity index is 443. The summed E-state index contributed by atoms with van der Waals surface area (Å²) in [6.07, 6.45) is 0. The predicted octanol–water partition coefficient (Wildman–Crippen LogP) is 2.39. The number of piperazine rings is 1. The second-order valence-electron chi connectivity index (χ2n) is 4.52. The second-order valence-corrected chi connectivity index (χ2v) is 4.96. The zero-order valence-corrected chi connectivity index (χ0v) is 12.8. The molecule has 1 amide bonds. The van der Waals surface area contributed by atoms with E-state index < -0.39 is 0 Å². The zero-order chi connectivity index (χ0) is 13.1. The number of rotatable bonds is 2. The fourth-order valence-electron chi connectivity index (χ4n) is 2.15. The van der Waals surface area contributed by atoms with Crippen molar-refractivity contribution < 1.29 is 7.86 Å². The normalized spacial score (nSPS) is 15.7. The minimum atomic E-state index is 0.162. The Balaban J connectivity index is 2.07. The van der Waals surface area contributed by atoms with Crippen molar-refractivity contribution >= 4 is 34.6 Å². The molecule has 1 aromatic carbocycles. The summed E-state index contributed by atoms with van der Waals surface area (Å²) < 4.78 is 5.31. The monoisotopic (exact) mass is 360 g/mol. The molecule has 1 saturated heterocycles. The van der Waals surface area contributed by atoms with Crippen LogP contribution in [0.25, 0.3) is 0 Å². The smallest absolute Gasteiger partial charge is 0.219 e. The second kappa shape index (κ2) is 5.77. The Morgan fingerprint density at radius 2 is 1.94 bits per heavy atom. The topological polar surface area (TPSA) is 32.8 Å². The van der Waals surface area contributed by atoms with Crippen LogP contribution in [0, 0.1) is 6.92 Å². The number of aryl methyl sites for hydroxylation is 1. The molecular formula is C13H17IN2O2. The van der Waals surface area contributed by atoms with Crippen LogP contribution in [0.5, 0.6) is 5.75 Å². The molecule has 1 fully saturated rings. The van der Waals surface area contributed by atoms with Gasteiger partial charge in [-0.05, 0) is 18.6 Å². The molecule has 0 saturated carbocycles. The van der Waals surface area contributed by atoms with Crippen molar-refractivity contribution in [3.63, 3.8) is 0 Å². The van der Waals surface area contributed by atoms with Crippen LogP contribution in [0.1, 0.15) is 12.5 Å². The molecule has 1 aliphatic rings. The van der Waals surface area contributed by atoms with Gasteiger partial charge in [0, 0.05) is 44.9 Å². The van der Waals surface area contributed by atoms with Gasteiger partial charge in [0.2, 0.25) is 5.91 Å². The highest BCUT2D eigenvalue weighted by Crippen LogP contribution is 2.27. The van der Waals surface area contributed by atoms with Crippen LogP contribution in [0.2, 0.25) is 0 Å². The molecule has 1 aromatic rings. The minimum Gasteiger partial charge on any atom is -0.427 e. The molecule has 0 unspecified atom stereocenters. The van der Waals surface area contributed by atoms with Crippen molar-refractivity contribution in [2.75, 3.05) is 31.1 Å². The summed E-state index contributed by atoms with van der Waals surface area (Å²) in [5, 5.41) is 0. The minimum absolute atomic E-state index is 0.162. The van der Waals surface area contributed by atoms with Gasteiger partial charge in [0.25, 0.3) is 0 Å². The number of nitrogens with zero attached hydrogens (tertiary/aromatic N) is 2. The van der Waals surface area contributed by atoms with Gasteiger partial charge in [0.15, 0.2) is 23.0 Å². The van der Waals surface area contributed by atoms with E-state index in [1.165, 1.54) is 0 Å². The van der Waals surface area contributed by atoms with Crippen LogP contribution in [0.3, 0.4) is 0 Å². The number of carbonyl (C=O) groups is 1. The average Bonchev–Trinajstić information content (AvgIpc) is 2.39. The summed E-state index contributed by atoms with van der Waals surface area (Å²) in [6.45, 7) is 7.01. The quantitative estimate of drug-likeness (QED) is 0.760. The number of hydrogen-bond donors (Lipinski definition) is 0. The molecule has 5 heteroatoms. The van der Waals surface area contributed by atoms with Crippen LogP contribution < -0.4 is 7.97 Å². The van der Waals surface area contributed by atoms with Gasteiger partial charge in [-0.15, -0.1) is 0 Å². The Hall–Kier alpha value is -0.980. The SMILES string of the molecule is CC(=O)N1CCN(c2ccc(C)c(OI)c2)CC1. The van der Waals surface area contributed by atoms with E-state index in [4.69, 9.17) is 3.07 Å². The summed E-state index contributed by atoms with van der Waals surface area (Å²) in [7, 11) is 0. The Morgan fingerprint density at radius 1 is 1.28 bits per heavy atom. The van der Waals surface area contributed by atoms with E-state index in [9.17, 15) is 4.79 Å². The van der Waals surface area contributed by atoms with Crippen molar-refractivity contribution in [3.8, 4) is 5.75 Å². The third-order valence-corrected chi connectivity index (χ3v) is 3.82.